The average Bonchev–Trinajstić information content (AvgIpc) is 3.28. The van der Waals surface area contributed by atoms with Crippen molar-refractivity contribution in [1.29, 1.82) is 0 Å². The summed E-state index contributed by atoms with van der Waals surface area (Å²) >= 11 is 0. The van der Waals surface area contributed by atoms with E-state index < -0.39 is 24.1 Å². The van der Waals surface area contributed by atoms with Crippen molar-refractivity contribution >= 4 is 17.7 Å². The fourth-order valence-electron chi connectivity index (χ4n) is 5.33. The Morgan fingerprint density at radius 2 is 1.72 bits per heavy atom. The number of carbonyl (C=O) groups excluding carboxylic acids is 2. The number of hydrogen-bond acceptors (Lipinski definition) is 5. The lowest BCUT2D eigenvalue weighted by Crippen LogP contribution is -2.49. The van der Waals surface area contributed by atoms with Crippen LogP contribution in [0.5, 0.6) is 5.75 Å². The number of anilines is 1. The second-order valence-electron chi connectivity index (χ2n) is 10.3. The minimum Gasteiger partial charge on any atom is -0.481 e. The first kappa shape index (κ1) is 26.7. The summed E-state index contributed by atoms with van der Waals surface area (Å²) in [6.07, 6.45) is 0.771. The number of rotatable bonds is 6. The second-order valence-corrected chi connectivity index (χ2v) is 10.3. The van der Waals surface area contributed by atoms with E-state index in [2.05, 4.69) is 11.0 Å². The number of ether oxygens (including phenoxy) is 2. The first-order valence-corrected chi connectivity index (χ1v) is 13.3. The Bertz CT molecular complexity index is 1380. The van der Waals surface area contributed by atoms with E-state index in [0.717, 1.165) is 29.7 Å². The number of para-hydroxylation sites is 1. The van der Waals surface area contributed by atoms with E-state index in [4.69, 9.17) is 9.47 Å². The van der Waals surface area contributed by atoms with Crippen LogP contribution in [0.2, 0.25) is 0 Å². The van der Waals surface area contributed by atoms with E-state index in [1.165, 1.54) is 23.1 Å². The fourth-order valence-corrected chi connectivity index (χ4v) is 5.33. The van der Waals surface area contributed by atoms with Crippen molar-refractivity contribution in [2.75, 3.05) is 24.6 Å². The van der Waals surface area contributed by atoms with Crippen molar-refractivity contribution in [2.45, 2.75) is 51.7 Å². The molecule has 5 rings (SSSR count). The highest BCUT2D eigenvalue weighted by Gasteiger charge is 2.42. The number of imide groups is 1. The SMILES string of the molecule is Cc1cc(CCCN2CC[C@@H](Oc3ccc(F)c(C)c3)C(=O)N3C(=O)OC[C@@H]3Cc3ccccc32)ccc1F. The van der Waals surface area contributed by atoms with Crippen LogP contribution in [0.15, 0.2) is 60.7 Å². The molecule has 3 aromatic carbocycles. The van der Waals surface area contributed by atoms with Crippen molar-refractivity contribution in [3.05, 3.63) is 94.6 Å². The van der Waals surface area contributed by atoms with Gasteiger partial charge >= 0.3 is 6.09 Å². The van der Waals surface area contributed by atoms with Crippen LogP contribution in [-0.2, 0) is 22.4 Å². The third-order valence-electron chi connectivity index (χ3n) is 7.45. The lowest BCUT2D eigenvalue weighted by molar-refractivity contribution is -0.136. The topological polar surface area (TPSA) is 59.1 Å². The van der Waals surface area contributed by atoms with Crippen LogP contribution in [0.3, 0.4) is 0 Å². The van der Waals surface area contributed by atoms with Gasteiger partial charge in [-0.05, 0) is 85.7 Å². The fraction of sp³-hybridized carbons (Fsp3) is 0.355. The maximum absolute atomic E-state index is 13.9. The van der Waals surface area contributed by atoms with Gasteiger partial charge in [0.25, 0.3) is 5.91 Å². The smallest absolute Gasteiger partial charge is 0.417 e. The maximum atomic E-state index is 13.9. The summed E-state index contributed by atoms with van der Waals surface area (Å²) in [7, 11) is 0. The van der Waals surface area contributed by atoms with Crippen LogP contribution in [-0.4, -0.2) is 48.7 Å². The highest BCUT2D eigenvalue weighted by Crippen LogP contribution is 2.29. The number of nitrogens with zero attached hydrogens (tertiary/aromatic N) is 2. The molecule has 2 aliphatic rings. The first-order chi connectivity index (χ1) is 18.8. The molecule has 204 valence electrons. The van der Waals surface area contributed by atoms with Gasteiger partial charge in [0, 0.05) is 25.2 Å². The highest BCUT2D eigenvalue weighted by molar-refractivity contribution is 5.96. The summed E-state index contributed by atoms with van der Waals surface area (Å²) in [5, 5.41) is 0. The van der Waals surface area contributed by atoms with Crippen LogP contribution in [0.25, 0.3) is 0 Å². The van der Waals surface area contributed by atoms with Crippen molar-refractivity contribution in [1.82, 2.24) is 4.90 Å². The van der Waals surface area contributed by atoms with Gasteiger partial charge in [-0.2, -0.15) is 0 Å². The Labute approximate surface area is 227 Å². The Balaban J connectivity index is 1.41. The molecule has 0 radical (unpaired) electrons. The average molecular weight is 535 g/mol. The number of aryl methyl sites for hydroxylation is 3. The van der Waals surface area contributed by atoms with Gasteiger partial charge < -0.3 is 14.4 Å². The third kappa shape index (κ3) is 5.90. The van der Waals surface area contributed by atoms with Gasteiger partial charge in [-0.3, -0.25) is 4.79 Å². The lowest BCUT2D eigenvalue weighted by Gasteiger charge is -2.33. The minimum absolute atomic E-state index is 0.116. The summed E-state index contributed by atoms with van der Waals surface area (Å²) in [5.74, 6) is -0.654. The molecule has 8 heteroatoms. The zero-order valence-electron chi connectivity index (χ0n) is 22.2. The molecule has 2 atom stereocenters. The van der Waals surface area contributed by atoms with Crippen molar-refractivity contribution < 1.29 is 27.8 Å². The number of halogens is 2. The van der Waals surface area contributed by atoms with Gasteiger partial charge in [0.1, 0.15) is 24.0 Å². The largest absolute Gasteiger partial charge is 0.481 e. The molecule has 39 heavy (non-hydrogen) atoms. The number of benzene rings is 3. The van der Waals surface area contributed by atoms with Gasteiger partial charge in [-0.1, -0.05) is 30.3 Å². The molecular weight excluding hydrogens is 502 g/mol. The minimum atomic E-state index is -0.949. The predicted octanol–water partition coefficient (Wildman–Crippen LogP) is 5.76. The van der Waals surface area contributed by atoms with E-state index in [1.54, 1.807) is 19.9 Å². The Morgan fingerprint density at radius 3 is 2.49 bits per heavy atom. The van der Waals surface area contributed by atoms with Gasteiger partial charge in [-0.25, -0.2) is 18.5 Å². The van der Waals surface area contributed by atoms with E-state index in [-0.39, 0.29) is 18.2 Å². The molecule has 2 amide bonds. The van der Waals surface area contributed by atoms with E-state index in [0.29, 0.717) is 42.8 Å². The van der Waals surface area contributed by atoms with Gasteiger partial charge in [0.15, 0.2) is 6.10 Å². The first-order valence-electron chi connectivity index (χ1n) is 13.3. The van der Waals surface area contributed by atoms with E-state index >= 15 is 0 Å². The van der Waals surface area contributed by atoms with Crippen LogP contribution >= 0.6 is 0 Å². The van der Waals surface area contributed by atoms with Crippen molar-refractivity contribution in [3.8, 4) is 5.75 Å². The summed E-state index contributed by atoms with van der Waals surface area (Å²) in [6, 6.07) is 17.1. The van der Waals surface area contributed by atoms with Crippen LogP contribution in [0, 0.1) is 25.5 Å². The predicted molar refractivity (Wildman–Crippen MR) is 144 cm³/mol. The monoisotopic (exact) mass is 534 g/mol. The van der Waals surface area contributed by atoms with E-state index in [9.17, 15) is 18.4 Å². The molecule has 2 aliphatic heterocycles. The third-order valence-corrected chi connectivity index (χ3v) is 7.45. The molecule has 0 spiro atoms. The van der Waals surface area contributed by atoms with Crippen LogP contribution < -0.4 is 9.64 Å². The lowest BCUT2D eigenvalue weighted by atomic mass is 10.00. The molecule has 0 unspecified atom stereocenters. The normalized spacial score (nSPS) is 19.4. The van der Waals surface area contributed by atoms with Gasteiger partial charge in [-0.15, -0.1) is 0 Å². The standard InChI is InChI=1S/C31H32F2N2O4/c1-20-16-22(9-11-26(20)32)6-5-14-34-15-13-29(39-25-10-12-27(33)21(2)17-25)30(36)35-24(19-38-31(35)37)18-23-7-3-4-8-28(23)34/h3-4,7-12,16-17,24,29H,5-6,13-15,18-19H2,1-2H3/t24-,29+/m0/s1. The molecule has 6 nitrogen and oxygen atoms in total. The second kappa shape index (κ2) is 11.4. The van der Waals surface area contributed by atoms with Gasteiger partial charge in [0.05, 0.1) is 6.04 Å². The Kier molecular flexibility index (Phi) is 7.82. The number of cyclic esters (lactones) is 1. The Morgan fingerprint density at radius 1 is 0.974 bits per heavy atom. The molecule has 0 aromatic heterocycles. The number of hydrogen-bond donors (Lipinski definition) is 0. The summed E-state index contributed by atoms with van der Waals surface area (Å²) in [5.41, 5.74) is 4.18. The van der Waals surface area contributed by atoms with Gasteiger partial charge in [0.2, 0.25) is 0 Å². The number of amides is 2. The number of carbonyl (C=O) groups is 2. The summed E-state index contributed by atoms with van der Waals surface area (Å²) in [4.78, 5) is 29.7. The summed E-state index contributed by atoms with van der Waals surface area (Å²) < 4.78 is 39.0. The zero-order chi connectivity index (χ0) is 27.5. The molecule has 0 aliphatic carbocycles. The molecular formula is C31H32F2N2O4. The number of fused-ring (bicyclic) bond motifs is 2. The molecule has 0 bridgehead atoms. The maximum Gasteiger partial charge on any atom is 0.417 e. The molecule has 3 aromatic rings. The van der Waals surface area contributed by atoms with E-state index in [1.807, 2.05) is 30.3 Å². The molecule has 1 fully saturated rings. The molecule has 1 saturated heterocycles. The quantitative estimate of drug-likeness (QED) is 0.402. The molecule has 0 N–H and O–H groups in total. The Hall–Kier alpha value is -3.94. The molecule has 2 heterocycles. The van der Waals surface area contributed by atoms with Crippen molar-refractivity contribution in [2.24, 2.45) is 0 Å². The molecule has 0 saturated carbocycles. The summed E-state index contributed by atoms with van der Waals surface area (Å²) in [6.45, 7) is 4.73. The zero-order valence-corrected chi connectivity index (χ0v) is 22.2. The van der Waals surface area contributed by atoms with Crippen LogP contribution in [0.4, 0.5) is 19.3 Å². The highest BCUT2D eigenvalue weighted by atomic mass is 19.1. The van der Waals surface area contributed by atoms with Crippen LogP contribution in [0.1, 0.15) is 35.1 Å². The van der Waals surface area contributed by atoms with Crippen molar-refractivity contribution in [3.63, 3.8) is 0 Å².